The highest BCUT2D eigenvalue weighted by Gasteiger charge is 2.31. The Balaban J connectivity index is 1.20. The molecule has 2 aliphatic heterocycles. The summed E-state index contributed by atoms with van der Waals surface area (Å²) in [5.74, 6) is -0.183. The van der Waals surface area contributed by atoms with Crippen LogP contribution in [0.15, 0.2) is 65.7 Å². The Morgan fingerprint density at radius 2 is 1.89 bits per heavy atom. The number of para-hydroxylation sites is 1. The molecule has 0 bridgehead atoms. The molecule has 1 unspecified atom stereocenters. The highest BCUT2D eigenvalue weighted by atomic mass is 32.2. The van der Waals surface area contributed by atoms with Gasteiger partial charge in [0.2, 0.25) is 0 Å². The minimum atomic E-state index is -3.89. The predicted molar refractivity (Wildman–Crippen MR) is 141 cm³/mol. The number of ether oxygens (including phenoxy) is 2. The summed E-state index contributed by atoms with van der Waals surface area (Å²) in [5.41, 5.74) is 1.15. The molecule has 0 saturated carbocycles. The van der Waals surface area contributed by atoms with Gasteiger partial charge in [-0.3, -0.25) is 14.5 Å². The molecular formula is C27H30N4O6S. The fraction of sp³-hybridized carbons (Fsp3) is 0.370. The van der Waals surface area contributed by atoms with Gasteiger partial charge in [-0.2, -0.15) is 0 Å². The Kier molecular flexibility index (Phi) is 7.48. The van der Waals surface area contributed by atoms with Gasteiger partial charge in [0.25, 0.3) is 15.9 Å². The van der Waals surface area contributed by atoms with Crippen molar-refractivity contribution < 1.29 is 27.5 Å². The van der Waals surface area contributed by atoms with Crippen LogP contribution in [-0.2, 0) is 19.5 Å². The van der Waals surface area contributed by atoms with Crippen molar-refractivity contribution >= 4 is 38.6 Å². The highest BCUT2D eigenvalue weighted by Crippen LogP contribution is 2.24. The zero-order valence-corrected chi connectivity index (χ0v) is 21.9. The number of aromatic nitrogens is 1. The fourth-order valence-electron chi connectivity index (χ4n) is 4.81. The summed E-state index contributed by atoms with van der Waals surface area (Å²) in [5, 5.41) is 0.724. The lowest BCUT2D eigenvalue weighted by molar-refractivity contribution is 0.0160. The van der Waals surface area contributed by atoms with Crippen LogP contribution in [-0.4, -0.2) is 80.2 Å². The van der Waals surface area contributed by atoms with E-state index in [1.807, 2.05) is 6.92 Å². The van der Waals surface area contributed by atoms with Gasteiger partial charge in [0.1, 0.15) is 11.5 Å². The standard InChI is InChI=1S/C27H30N4O6S/c1-19-17-30(27(33)37-18-23-7-4-16-36-23)14-15-31(19)26(32)21-9-11-22(12-10-21)29-38(34,35)24-8-2-5-20-6-3-13-28-25(20)24/h2-3,5-6,8-13,19,23,29H,4,7,14-18H2,1H3/t19-,23?/m1/s1. The third-order valence-electron chi connectivity index (χ3n) is 6.83. The SMILES string of the molecule is C[C@@H]1CN(C(=O)OCC2CCCO2)CCN1C(=O)c1ccc(NS(=O)(=O)c2cccc3cccnc23)cc1. The van der Waals surface area contributed by atoms with E-state index in [2.05, 4.69) is 9.71 Å². The fourth-order valence-corrected chi connectivity index (χ4v) is 6.05. The normalized spacial score (nSPS) is 19.9. The van der Waals surface area contributed by atoms with Crippen LogP contribution in [0.5, 0.6) is 0 Å². The van der Waals surface area contributed by atoms with Gasteiger partial charge in [-0.1, -0.05) is 18.2 Å². The van der Waals surface area contributed by atoms with Crippen LogP contribution in [0.3, 0.4) is 0 Å². The largest absolute Gasteiger partial charge is 0.447 e. The van der Waals surface area contributed by atoms with E-state index in [1.165, 1.54) is 6.07 Å². The summed E-state index contributed by atoms with van der Waals surface area (Å²) in [6, 6.07) is 14.6. The Labute approximate surface area is 221 Å². The molecule has 38 heavy (non-hydrogen) atoms. The van der Waals surface area contributed by atoms with Crippen LogP contribution < -0.4 is 4.72 Å². The van der Waals surface area contributed by atoms with Crippen molar-refractivity contribution in [1.82, 2.24) is 14.8 Å². The zero-order valence-electron chi connectivity index (χ0n) is 21.1. The van der Waals surface area contributed by atoms with E-state index in [9.17, 15) is 18.0 Å². The van der Waals surface area contributed by atoms with Crippen LogP contribution in [0, 0.1) is 0 Å². The van der Waals surface area contributed by atoms with Gasteiger partial charge < -0.3 is 19.3 Å². The summed E-state index contributed by atoms with van der Waals surface area (Å²) in [7, 11) is -3.89. The number of hydrogen-bond acceptors (Lipinski definition) is 7. The van der Waals surface area contributed by atoms with Gasteiger partial charge in [0.15, 0.2) is 0 Å². The van der Waals surface area contributed by atoms with E-state index in [1.54, 1.807) is 64.5 Å². The number of carbonyl (C=O) groups is 2. The number of sulfonamides is 1. The Hall–Kier alpha value is -3.70. The van der Waals surface area contributed by atoms with Gasteiger partial charge in [-0.25, -0.2) is 13.2 Å². The lowest BCUT2D eigenvalue weighted by atomic mass is 10.1. The first-order valence-electron chi connectivity index (χ1n) is 12.6. The average Bonchev–Trinajstić information content (AvgIpc) is 3.45. The number of benzene rings is 2. The molecule has 0 spiro atoms. The topological polar surface area (TPSA) is 118 Å². The number of rotatable bonds is 6. The van der Waals surface area contributed by atoms with Crippen molar-refractivity contribution in [1.29, 1.82) is 0 Å². The van der Waals surface area contributed by atoms with E-state index < -0.39 is 16.1 Å². The van der Waals surface area contributed by atoms with E-state index in [0.717, 1.165) is 18.2 Å². The zero-order chi connectivity index (χ0) is 26.7. The second-order valence-electron chi connectivity index (χ2n) is 9.52. The second-order valence-corrected chi connectivity index (χ2v) is 11.2. The van der Waals surface area contributed by atoms with Crippen molar-refractivity contribution in [3.8, 4) is 0 Å². The number of piperazine rings is 1. The third-order valence-corrected chi connectivity index (χ3v) is 8.25. The smallest absolute Gasteiger partial charge is 0.409 e. The maximum absolute atomic E-state index is 13.2. The second kappa shape index (κ2) is 11.0. The summed E-state index contributed by atoms with van der Waals surface area (Å²) >= 11 is 0. The molecule has 2 atom stereocenters. The van der Waals surface area contributed by atoms with Gasteiger partial charge in [-0.05, 0) is 56.2 Å². The molecule has 10 nitrogen and oxygen atoms in total. The minimum Gasteiger partial charge on any atom is -0.447 e. The maximum atomic E-state index is 13.2. The number of pyridine rings is 1. The average molecular weight is 539 g/mol. The third kappa shape index (κ3) is 5.58. The quantitative estimate of drug-likeness (QED) is 0.510. The molecule has 3 heterocycles. The number of anilines is 1. The predicted octanol–water partition coefficient (Wildman–Crippen LogP) is 3.50. The number of fused-ring (bicyclic) bond motifs is 1. The first-order valence-corrected chi connectivity index (χ1v) is 14.1. The van der Waals surface area contributed by atoms with Crippen LogP contribution in [0.4, 0.5) is 10.5 Å². The monoisotopic (exact) mass is 538 g/mol. The van der Waals surface area contributed by atoms with Crippen molar-refractivity contribution in [3.63, 3.8) is 0 Å². The molecule has 2 fully saturated rings. The lowest BCUT2D eigenvalue weighted by Gasteiger charge is -2.39. The van der Waals surface area contributed by atoms with Gasteiger partial charge in [0, 0.05) is 55.1 Å². The summed E-state index contributed by atoms with van der Waals surface area (Å²) in [6.45, 7) is 3.95. The molecule has 2 amide bonds. The molecule has 2 saturated heterocycles. The molecule has 0 radical (unpaired) electrons. The van der Waals surface area contributed by atoms with Crippen molar-refractivity contribution in [2.45, 2.75) is 36.8 Å². The highest BCUT2D eigenvalue weighted by molar-refractivity contribution is 7.93. The van der Waals surface area contributed by atoms with Crippen LogP contribution in [0.1, 0.15) is 30.1 Å². The molecule has 2 aliphatic rings. The minimum absolute atomic E-state index is 0.0320. The van der Waals surface area contributed by atoms with Crippen LogP contribution in [0.25, 0.3) is 10.9 Å². The molecule has 3 aromatic rings. The number of carbonyl (C=O) groups excluding carboxylic acids is 2. The van der Waals surface area contributed by atoms with Gasteiger partial charge in [0.05, 0.1) is 11.6 Å². The Morgan fingerprint density at radius 1 is 1.11 bits per heavy atom. The first-order chi connectivity index (χ1) is 18.3. The number of nitrogens with one attached hydrogen (secondary N) is 1. The maximum Gasteiger partial charge on any atom is 0.409 e. The summed E-state index contributed by atoms with van der Waals surface area (Å²) in [6.07, 6.45) is 3.01. The van der Waals surface area contributed by atoms with E-state index in [-0.39, 0.29) is 29.6 Å². The first kappa shape index (κ1) is 25.9. The Bertz CT molecular complexity index is 1420. The van der Waals surface area contributed by atoms with Crippen molar-refractivity contribution in [2.24, 2.45) is 0 Å². The Morgan fingerprint density at radius 3 is 2.63 bits per heavy atom. The van der Waals surface area contributed by atoms with E-state index in [4.69, 9.17) is 9.47 Å². The molecular weight excluding hydrogens is 508 g/mol. The molecule has 0 aliphatic carbocycles. The summed E-state index contributed by atoms with van der Waals surface area (Å²) < 4.78 is 39.6. The number of hydrogen-bond donors (Lipinski definition) is 1. The number of nitrogens with zero attached hydrogens (tertiary/aromatic N) is 3. The summed E-state index contributed by atoms with van der Waals surface area (Å²) in [4.78, 5) is 33.3. The van der Waals surface area contributed by atoms with E-state index >= 15 is 0 Å². The van der Waals surface area contributed by atoms with Gasteiger partial charge in [-0.15, -0.1) is 0 Å². The van der Waals surface area contributed by atoms with E-state index in [0.29, 0.717) is 43.0 Å². The molecule has 1 aromatic heterocycles. The molecule has 5 rings (SSSR count). The van der Waals surface area contributed by atoms with Gasteiger partial charge >= 0.3 is 6.09 Å². The van der Waals surface area contributed by atoms with Crippen molar-refractivity contribution in [3.05, 3.63) is 66.4 Å². The number of amides is 2. The lowest BCUT2D eigenvalue weighted by Crippen LogP contribution is -2.55. The van der Waals surface area contributed by atoms with Crippen molar-refractivity contribution in [2.75, 3.05) is 37.6 Å². The molecule has 200 valence electrons. The molecule has 2 aromatic carbocycles. The molecule has 1 N–H and O–H groups in total. The molecule has 11 heteroatoms. The van der Waals surface area contributed by atoms with Crippen LogP contribution >= 0.6 is 0 Å². The van der Waals surface area contributed by atoms with Crippen LogP contribution in [0.2, 0.25) is 0 Å².